The minimum Gasteiger partial charge on any atom is -0.489 e. The minimum absolute atomic E-state index is 0.0288. The van der Waals surface area contributed by atoms with Crippen molar-refractivity contribution in [2.75, 3.05) is 12.3 Å². The Bertz CT molecular complexity index is 406. The van der Waals surface area contributed by atoms with Gasteiger partial charge in [0.15, 0.2) is 0 Å². The van der Waals surface area contributed by atoms with Crippen LogP contribution in [0.1, 0.15) is 26.7 Å². The number of nitrogen functional groups attached to an aromatic ring is 1. The summed E-state index contributed by atoms with van der Waals surface area (Å²) in [5.74, 6) is 0.661. The molecule has 17 heavy (non-hydrogen) atoms. The average molecular weight is 256 g/mol. The standard InChI is InChI=1S/C13H18ClNO2/c1-13(2)6-5-10(17-13)8-16-12-4-3-9(15)7-11(12)14/h3-4,7,10H,5-6,8,15H2,1-2H3. The molecule has 0 aliphatic carbocycles. The predicted octanol–water partition coefficient (Wildman–Crippen LogP) is 3.26. The number of hydrogen-bond acceptors (Lipinski definition) is 3. The highest BCUT2D eigenvalue weighted by Gasteiger charge is 2.31. The number of benzene rings is 1. The molecular weight excluding hydrogens is 238 g/mol. The lowest BCUT2D eigenvalue weighted by Crippen LogP contribution is -2.23. The third-order valence-electron chi connectivity index (χ3n) is 2.93. The zero-order chi connectivity index (χ0) is 12.5. The van der Waals surface area contributed by atoms with Crippen LogP contribution in [0.3, 0.4) is 0 Å². The third kappa shape index (κ3) is 3.27. The van der Waals surface area contributed by atoms with Crippen LogP contribution in [-0.4, -0.2) is 18.3 Å². The Morgan fingerprint density at radius 1 is 1.53 bits per heavy atom. The van der Waals surface area contributed by atoms with Gasteiger partial charge in [0.1, 0.15) is 12.4 Å². The predicted molar refractivity (Wildman–Crippen MR) is 69.5 cm³/mol. The third-order valence-corrected chi connectivity index (χ3v) is 3.23. The van der Waals surface area contributed by atoms with Gasteiger partial charge in [0.05, 0.1) is 16.7 Å². The molecule has 3 nitrogen and oxygen atoms in total. The summed E-state index contributed by atoms with van der Waals surface area (Å²) in [6, 6.07) is 5.26. The van der Waals surface area contributed by atoms with Crippen LogP contribution in [0.2, 0.25) is 5.02 Å². The number of hydrogen-bond donors (Lipinski definition) is 1. The fourth-order valence-corrected chi connectivity index (χ4v) is 2.26. The molecule has 0 amide bonds. The average Bonchev–Trinajstić information content (AvgIpc) is 2.57. The molecule has 2 rings (SSSR count). The normalized spacial score (nSPS) is 22.6. The van der Waals surface area contributed by atoms with E-state index in [1.807, 2.05) is 0 Å². The van der Waals surface area contributed by atoms with Crippen molar-refractivity contribution in [1.82, 2.24) is 0 Å². The van der Waals surface area contributed by atoms with Crippen molar-refractivity contribution in [3.05, 3.63) is 23.2 Å². The largest absolute Gasteiger partial charge is 0.489 e. The molecule has 1 fully saturated rings. The van der Waals surface area contributed by atoms with Crippen molar-refractivity contribution in [1.29, 1.82) is 0 Å². The van der Waals surface area contributed by atoms with Crippen LogP contribution in [-0.2, 0) is 4.74 Å². The van der Waals surface area contributed by atoms with Crippen LogP contribution in [0.5, 0.6) is 5.75 Å². The van der Waals surface area contributed by atoms with Crippen LogP contribution in [0, 0.1) is 0 Å². The Labute approximate surface area is 107 Å². The van der Waals surface area contributed by atoms with Crippen molar-refractivity contribution < 1.29 is 9.47 Å². The monoisotopic (exact) mass is 255 g/mol. The Morgan fingerprint density at radius 3 is 2.88 bits per heavy atom. The van der Waals surface area contributed by atoms with E-state index in [1.54, 1.807) is 18.2 Å². The Hall–Kier alpha value is -0.930. The van der Waals surface area contributed by atoms with Gasteiger partial charge in [-0.2, -0.15) is 0 Å². The van der Waals surface area contributed by atoms with Crippen LogP contribution >= 0.6 is 11.6 Å². The second-order valence-electron chi connectivity index (χ2n) is 5.04. The van der Waals surface area contributed by atoms with E-state index >= 15 is 0 Å². The maximum absolute atomic E-state index is 6.03. The molecule has 2 N–H and O–H groups in total. The molecule has 1 aliphatic rings. The number of anilines is 1. The van der Waals surface area contributed by atoms with Crippen molar-refractivity contribution in [2.45, 2.75) is 38.4 Å². The quantitative estimate of drug-likeness (QED) is 0.844. The molecule has 1 aromatic rings. The molecule has 1 heterocycles. The Kier molecular flexibility index (Phi) is 3.50. The van der Waals surface area contributed by atoms with E-state index in [1.165, 1.54) is 0 Å². The molecule has 0 saturated carbocycles. The van der Waals surface area contributed by atoms with Gasteiger partial charge in [-0.15, -0.1) is 0 Å². The van der Waals surface area contributed by atoms with Gasteiger partial charge in [-0.05, 0) is 44.9 Å². The van der Waals surface area contributed by atoms with Crippen molar-refractivity contribution in [3.63, 3.8) is 0 Å². The Balaban J connectivity index is 1.90. The van der Waals surface area contributed by atoms with Crippen molar-refractivity contribution in [2.24, 2.45) is 0 Å². The first-order chi connectivity index (χ1) is 7.96. The lowest BCUT2D eigenvalue weighted by molar-refractivity contribution is -0.0326. The molecule has 4 heteroatoms. The van der Waals surface area contributed by atoms with E-state index in [4.69, 9.17) is 26.8 Å². The summed E-state index contributed by atoms with van der Waals surface area (Å²) >= 11 is 6.03. The molecule has 0 spiro atoms. The van der Waals surface area contributed by atoms with Crippen LogP contribution in [0.15, 0.2) is 18.2 Å². The maximum Gasteiger partial charge on any atom is 0.138 e. The SMILES string of the molecule is CC1(C)CCC(COc2ccc(N)cc2Cl)O1. The van der Waals surface area contributed by atoms with Gasteiger partial charge in [-0.1, -0.05) is 11.6 Å². The van der Waals surface area contributed by atoms with Crippen LogP contribution in [0.25, 0.3) is 0 Å². The summed E-state index contributed by atoms with van der Waals surface area (Å²) in [5.41, 5.74) is 6.23. The smallest absolute Gasteiger partial charge is 0.138 e. The first-order valence-corrected chi connectivity index (χ1v) is 6.20. The molecule has 1 aromatic carbocycles. The zero-order valence-electron chi connectivity index (χ0n) is 10.2. The zero-order valence-corrected chi connectivity index (χ0v) is 11.0. The summed E-state index contributed by atoms with van der Waals surface area (Å²) in [6.07, 6.45) is 2.24. The summed E-state index contributed by atoms with van der Waals surface area (Å²) in [6.45, 7) is 4.74. The molecule has 1 aliphatic heterocycles. The van der Waals surface area contributed by atoms with Gasteiger partial charge >= 0.3 is 0 Å². The van der Waals surface area contributed by atoms with E-state index in [9.17, 15) is 0 Å². The lowest BCUT2D eigenvalue weighted by Gasteiger charge is -2.19. The summed E-state index contributed by atoms with van der Waals surface area (Å²) in [4.78, 5) is 0. The molecule has 0 aromatic heterocycles. The highest BCUT2D eigenvalue weighted by Crippen LogP contribution is 2.31. The van der Waals surface area contributed by atoms with Gasteiger partial charge in [-0.25, -0.2) is 0 Å². The molecular formula is C13H18ClNO2. The minimum atomic E-state index is -0.0288. The van der Waals surface area contributed by atoms with Gasteiger partial charge in [-0.3, -0.25) is 0 Å². The van der Waals surface area contributed by atoms with Gasteiger partial charge in [0, 0.05) is 5.69 Å². The lowest BCUT2D eigenvalue weighted by atomic mass is 10.1. The first kappa shape index (κ1) is 12.5. The molecule has 1 unspecified atom stereocenters. The molecule has 1 saturated heterocycles. The molecule has 1 atom stereocenters. The number of halogens is 1. The van der Waals surface area contributed by atoms with Crippen LogP contribution < -0.4 is 10.5 Å². The van der Waals surface area contributed by atoms with Gasteiger partial charge in [0.2, 0.25) is 0 Å². The highest BCUT2D eigenvalue weighted by atomic mass is 35.5. The van der Waals surface area contributed by atoms with E-state index in [2.05, 4.69) is 13.8 Å². The maximum atomic E-state index is 6.03. The van der Waals surface area contributed by atoms with E-state index in [0.717, 1.165) is 12.8 Å². The van der Waals surface area contributed by atoms with Crippen molar-refractivity contribution in [3.8, 4) is 5.75 Å². The summed E-state index contributed by atoms with van der Waals surface area (Å²) in [5, 5.41) is 0.544. The van der Waals surface area contributed by atoms with Crippen molar-refractivity contribution >= 4 is 17.3 Å². The fourth-order valence-electron chi connectivity index (χ4n) is 2.01. The molecule has 94 valence electrons. The number of nitrogens with two attached hydrogens (primary N) is 1. The second kappa shape index (κ2) is 4.75. The van der Waals surface area contributed by atoms with Gasteiger partial charge < -0.3 is 15.2 Å². The second-order valence-corrected chi connectivity index (χ2v) is 5.45. The van der Waals surface area contributed by atoms with Crippen LogP contribution in [0.4, 0.5) is 5.69 Å². The van der Waals surface area contributed by atoms with E-state index in [-0.39, 0.29) is 11.7 Å². The molecule has 0 radical (unpaired) electrons. The number of rotatable bonds is 3. The Morgan fingerprint density at radius 2 is 2.29 bits per heavy atom. The topological polar surface area (TPSA) is 44.5 Å². The summed E-state index contributed by atoms with van der Waals surface area (Å²) in [7, 11) is 0. The first-order valence-electron chi connectivity index (χ1n) is 5.82. The van der Waals surface area contributed by atoms with E-state index in [0.29, 0.717) is 23.1 Å². The molecule has 0 bridgehead atoms. The van der Waals surface area contributed by atoms with Gasteiger partial charge in [0.25, 0.3) is 0 Å². The fraction of sp³-hybridized carbons (Fsp3) is 0.538. The van der Waals surface area contributed by atoms with E-state index < -0.39 is 0 Å². The highest BCUT2D eigenvalue weighted by molar-refractivity contribution is 6.32. The summed E-state index contributed by atoms with van der Waals surface area (Å²) < 4.78 is 11.5. The number of ether oxygens (including phenoxy) is 2.